The fourth-order valence-electron chi connectivity index (χ4n) is 1.77. The second kappa shape index (κ2) is 9.45. The normalized spacial score (nSPS) is 11.3. The molecule has 7 heteroatoms. The number of ether oxygens (including phenoxy) is 3. The summed E-state index contributed by atoms with van der Waals surface area (Å²) in [5.41, 5.74) is 0.393. The minimum Gasteiger partial charge on any atom is -0.469 e. The first-order valence-electron chi connectivity index (χ1n) is 7.32. The molecule has 1 unspecified atom stereocenters. The number of methoxy groups -OCH3 is 1. The van der Waals surface area contributed by atoms with Gasteiger partial charge in [-0.15, -0.1) is 0 Å². The first-order chi connectivity index (χ1) is 11.0. The van der Waals surface area contributed by atoms with Gasteiger partial charge < -0.3 is 19.5 Å². The number of nitrogens with one attached hydrogen (secondary N) is 1. The summed E-state index contributed by atoms with van der Waals surface area (Å²) in [5, 5.41) is 2.76. The molecule has 1 rings (SSSR count). The average Bonchev–Trinajstić information content (AvgIpc) is 2.54. The maximum absolute atomic E-state index is 12.1. The maximum Gasteiger partial charge on any atom is 0.513 e. The van der Waals surface area contributed by atoms with Gasteiger partial charge in [0.05, 0.1) is 20.1 Å². The molecular weight excluding hydrogens is 302 g/mol. The van der Waals surface area contributed by atoms with Gasteiger partial charge in [-0.3, -0.25) is 9.59 Å². The predicted octanol–water partition coefficient (Wildman–Crippen LogP) is 2.29. The number of hydrogen-bond donors (Lipinski definition) is 1. The highest BCUT2D eigenvalue weighted by atomic mass is 16.7. The number of rotatable bonds is 7. The monoisotopic (exact) mass is 323 g/mol. The molecule has 0 bridgehead atoms. The van der Waals surface area contributed by atoms with Gasteiger partial charge in [0.2, 0.25) is 0 Å². The molecule has 1 atom stereocenters. The summed E-state index contributed by atoms with van der Waals surface area (Å²) in [6.07, 6.45) is -0.0814. The lowest BCUT2D eigenvalue weighted by molar-refractivity contribution is -0.141. The molecule has 0 aromatic heterocycles. The molecule has 0 fully saturated rings. The first kappa shape index (κ1) is 18.5. The smallest absolute Gasteiger partial charge is 0.469 e. The number of carbonyl (C=O) groups excluding carboxylic acids is 3. The van der Waals surface area contributed by atoms with E-state index < -0.39 is 6.16 Å². The Morgan fingerprint density at radius 1 is 1.13 bits per heavy atom. The van der Waals surface area contributed by atoms with Crippen LogP contribution in [0.5, 0.6) is 5.75 Å². The molecule has 0 saturated heterocycles. The van der Waals surface area contributed by atoms with Gasteiger partial charge in [0.15, 0.2) is 0 Å². The molecule has 23 heavy (non-hydrogen) atoms. The van der Waals surface area contributed by atoms with Crippen molar-refractivity contribution >= 4 is 18.0 Å². The van der Waals surface area contributed by atoms with Crippen molar-refractivity contribution in [3.63, 3.8) is 0 Å². The molecule has 1 N–H and O–H groups in total. The van der Waals surface area contributed by atoms with Crippen molar-refractivity contribution < 1.29 is 28.6 Å². The van der Waals surface area contributed by atoms with Crippen LogP contribution in [0.25, 0.3) is 0 Å². The zero-order valence-corrected chi connectivity index (χ0v) is 13.5. The summed E-state index contributed by atoms with van der Waals surface area (Å²) >= 11 is 0. The molecule has 0 spiro atoms. The molecule has 1 aromatic rings. The summed E-state index contributed by atoms with van der Waals surface area (Å²) in [6.45, 7) is 3.76. The molecule has 126 valence electrons. The van der Waals surface area contributed by atoms with Gasteiger partial charge in [-0.2, -0.15) is 0 Å². The standard InChI is InChI=1S/C16H21NO6/c1-4-12(10-14(18)21-3)17-15(19)11-6-8-13(9-7-11)23-16(20)22-5-2/h6-9,12H,4-5,10H2,1-3H3,(H,17,19). The van der Waals surface area contributed by atoms with Gasteiger partial charge in [0.1, 0.15) is 5.75 Å². The maximum atomic E-state index is 12.1. The molecular formula is C16H21NO6. The van der Waals surface area contributed by atoms with E-state index in [9.17, 15) is 14.4 Å². The number of esters is 1. The molecule has 0 aliphatic heterocycles. The average molecular weight is 323 g/mol. The zero-order valence-electron chi connectivity index (χ0n) is 13.5. The van der Waals surface area contributed by atoms with Crippen molar-refractivity contribution in [1.29, 1.82) is 0 Å². The third-order valence-electron chi connectivity index (χ3n) is 3.05. The van der Waals surface area contributed by atoms with E-state index in [-0.39, 0.29) is 36.7 Å². The van der Waals surface area contributed by atoms with Crippen molar-refractivity contribution in [2.45, 2.75) is 32.7 Å². The van der Waals surface area contributed by atoms with Crippen LogP contribution in [0.15, 0.2) is 24.3 Å². The zero-order chi connectivity index (χ0) is 17.2. The van der Waals surface area contributed by atoms with Crippen LogP contribution in [0.3, 0.4) is 0 Å². The SMILES string of the molecule is CCOC(=O)Oc1ccc(C(=O)NC(CC)CC(=O)OC)cc1. The molecule has 0 heterocycles. The van der Waals surface area contributed by atoms with E-state index in [1.807, 2.05) is 6.92 Å². The Bertz CT molecular complexity index is 540. The lowest BCUT2D eigenvalue weighted by atomic mass is 10.1. The van der Waals surface area contributed by atoms with Crippen LogP contribution in [0, 0.1) is 0 Å². The molecule has 0 saturated carbocycles. The minimum atomic E-state index is -0.797. The largest absolute Gasteiger partial charge is 0.513 e. The van der Waals surface area contributed by atoms with E-state index >= 15 is 0 Å². The summed E-state index contributed by atoms with van der Waals surface area (Å²) in [5.74, 6) is -0.416. The van der Waals surface area contributed by atoms with Gasteiger partial charge in [-0.05, 0) is 37.6 Å². The minimum absolute atomic E-state index is 0.114. The molecule has 7 nitrogen and oxygen atoms in total. The van der Waals surface area contributed by atoms with E-state index in [0.717, 1.165) is 0 Å². The summed E-state index contributed by atoms with van der Waals surface area (Å²) < 4.78 is 14.2. The number of carbonyl (C=O) groups is 3. The molecule has 1 aromatic carbocycles. The van der Waals surface area contributed by atoms with Crippen molar-refractivity contribution in [2.24, 2.45) is 0 Å². The van der Waals surface area contributed by atoms with Crippen LogP contribution in [-0.2, 0) is 14.3 Å². The van der Waals surface area contributed by atoms with Gasteiger partial charge in [0, 0.05) is 11.6 Å². The highest BCUT2D eigenvalue weighted by Crippen LogP contribution is 2.13. The highest BCUT2D eigenvalue weighted by Gasteiger charge is 2.16. The summed E-state index contributed by atoms with van der Waals surface area (Å²) in [6, 6.07) is 5.73. The van der Waals surface area contributed by atoms with Crippen LogP contribution in [0.1, 0.15) is 37.0 Å². The van der Waals surface area contributed by atoms with Gasteiger partial charge in [-0.25, -0.2) is 4.79 Å². The Morgan fingerprint density at radius 2 is 1.78 bits per heavy atom. The Morgan fingerprint density at radius 3 is 2.30 bits per heavy atom. The Hall–Kier alpha value is -2.57. The summed E-state index contributed by atoms with van der Waals surface area (Å²) in [7, 11) is 1.30. The van der Waals surface area contributed by atoms with E-state index in [4.69, 9.17) is 4.74 Å². The molecule has 0 aliphatic rings. The van der Waals surface area contributed by atoms with E-state index in [2.05, 4.69) is 14.8 Å². The van der Waals surface area contributed by atoms with E-state index in [1.54, 1.807) is 6.92 Å². The fraction of sp³-hybridized carbons (Fsp3) is 0.438. The van der Waals surface area contributed by atoms with Crippen molar-refractivity contribution in [3.8, 4) is 5.75 Å². The van der Waals surface area contributed by atoms with E-state index in [1.165, 1.54) is 31.4 Å². The summed E-state index contributed by atoms with van der Waals surface area (Å²) in [4.78, 5) is 34.6. The Balaban J connectivity index is 2.62. The molecule has 1 amide bonds. The van der Waals surface area contributed by atoms with Gasteiger partial charge in [0.25, 0.3) is 5.91 Å². The van der Waals surface area contributed by atoms with Crippen LogP contribution >= 0.6 is 0 Å². The first-order valence-corrected chi connectivity index (χ1v) is 7.32. The Labute approximate surface area is 134 Å². The third-order valence-corrected chi connectivity index (χ3v) is 3.05. The quantitative estimate of drug-likeness (QED) is 0.611. The van der Waals surface area contributed by atoms with Crippen molar-refractivity contribution in [1.82, 2.24) is 5.32 Å². The van der Waals surface area contributed by atoms with Crippen LogP contribution in [0.2, 0.25) is 0 Å². The second-order valence-corrected chi connectivity index (χ2v) is 4.67. The Kier molecular flexibility index (Phi) is 7.59. The highest BCUT2D eigenvalue weighted by molar-refractivity contribution is 5.94. The van der Waals surface area contributed by atoms with Crippen LogP contribution < -0.4 is 10.1 Å². The lowest BCUT2D eigenvalue weighted by Crippen LogP contribution is -2.36. The van der Waals surface area contributed by atoms with Crippen LogP contribution in [0.4, 0.5) is 4.79 Å². The fourth-order valence-corrected chi connectivity index (χ4v) is 1.77. The van der Waals surface area contributed by atoms with Crippen molar-refractivity contribution in [2.75, 3.05) is 13.7 Å². The molecule has 0 aliphatic carbocycles. The van der Waals surface area contributed by atoms with Crippen molar-refractivity contribution in [3.05, 3.63) is 29.8 Å². The third kappa shape index (κ3) is 6.37. The topological polar surface area (TPSA) is 90.9 Å². The number of hydrogen-bond acceptors (Lipinski definition) is 6. The van der Waals surface area contributed by atoms with E-state index in [0.29, 0.717) is 12.0 Å². The predicted molar refractivity (Wildman–Crippen MR) is 82.3 cm³/mol. The second-order valence-electron chi connectivity index (χ2n) is 4.67. The van der Waals surface area contributed by atoms with Gasteiger partial charge in [-0.1, -0.05) is 6.92 Å². The number of benzene rings is 1. The van der Waals surface area contributed by atoms with Gasteiger partial charge >= 0.3 is 12.1 Å². The van der Waals surface area contributed by atoms with Crippen LogP contribution in [-0.4, -0.2) is 37.8 Å². The lowest BCUT2D eigenvalue weighted by Gasteiger charge is -2.15. The molecule has 0 radical (unpaired) electrons. The number of amides is 1.